The first-order chi connectivity index (χ1) is 17.2. The Labute approximate surface area is 194 Å². The second-order valence-corrected chi connectivity index (χ2v) is 8.43. The third-order valence-corrected chi connectivity index (χ3v) is 6.53. The molecule has 0 radical (unpaired) electrons. The van der Waals surface area contributed by atoms with Gasteiger partial charge >= 0.3 is 0 Å². The number of carbonyl (C=O) groups excluding carboxylic acids is 1. The van der Waals surface area contributed by atoms with E-state index in [-0.39, 0.29) is 5.82 Å². The molecule has 33 heavy (non-hydrogen) atoms. The molecule has 1 amide bonds. The number of ether oxygens (including phenoxy) is 1. The highest BCUT2D eigenvalue weighted by Crippen LogP contribution is 2.48. The van der Waals surface area contributed by atoms with Gasteiger partial charge < -0.3 is 20.7 Å². The van der Waals surface area contributed by atoms with E-state index in [9.17, 15) is 4.79 Å². The summed E-state index contributed by atoms with van der Waals surface area (Å²) in [6, 6.07) is 5.69. The Hall–Kier alpha value is -3.79. The molecule has 4 aromatic rings. The standard InChI is InChI=1S/C23H24N8O2/c1-25-20-16-11-26-18(23(4-5-23)22(24)32)10-15(16)17(12-27-20)21-28-19-3-2-14(13-31(19)29-21)30-6-8-33-9-7-30/h2-3,10-13H,4-9H2,1H3,(H2,24,32)(H,25,27)/i1D3. The Kier molecular flexibility index (Phi) is 3.75. The van der Waals surface area contributed by atoms with E-state index in [1.807, 2.05) is 18.3 Å². The van der Waals surface area contributed by atoms with E-state index in [4.69, 9.17) is 24.7 Å². The minimum Gasteiger partial charge on any atom is -0.378 e. The van der Waals surface area contributed by atoms with Crippen LogP contribution in [-0.4, -0.2) is 63.8 Å². The average molecular weight is 448 g/mol. The van der Waals surface area contributed by atoms with Crippen molar-refractivity contribution in [1.29, 1.82) is 0 Å². The fraction of sp³-hybridized carbons (Fsp3) is 0.348. The second-order valence-electron chi connectivity index (χ2n) is 8.43. The Morgan fingerprint density at radius 1 is 1.21 bits per heavy atom. The first-order valence-corrected chi connectivity index (χ1v) is 10.8. The Morgan fingerprint density at radius 3 is 2.82 bits per heavy atom. The van der Waals surface area contributed by atoms with Crippen molar-refractivity contribution in [2.24, 2.45) is 5.73 Å². The number of hydrogen-bond acceptors (Lipinski definition) is 8. The van der Waals surface area contributed by atoms with Gasteiger partial charge in [-0.15, -0.1) is 5.10 Å². The lowest BCUT2D eigenvalue weighted by atomic mass is 9.97. The summed E-state index contributed by atoms with van der Waals surface area (Å²) in [5, 5.41) is 8.29. The van der Waals surface area contributed by atoms with Gasteiger partial charge in [-0.25, -0.2) is 14.5 Å². The van der Waals surface area contributed by atoms with E-state index in [2.05, 4.69) is 20.2 Å². The zero-order chi connectivity index (χ0) is 25.1. The molecule has 10 heteroatoms. The number of carbonyl (C=O) groups is 1. The molecule has 1 aliphatic heterocycles. The zero-order valence-corrected chi connectivity index (χ0v) is 17.8. The molecule has 1 aliphatic carbocycles. The topological polar surface area (TPSA) is 124 Å². The maximum Gasteiger partial charge on any atom is 0.229 e. The normalized spacial score (nSPS) is 19.2. The number of primary amides is 1. The van der Waals surface area contributed by atoms with Crippen LogP contribution in [0.3, 0.4) is 0 Å². The highest BCUT2D eigenvalue weighted by molar-refractivity contribution is 6.01. The molecule has 5 heterocycles. The summed E-state index contributed by atoms with van der Waals surface area (Å²) in [5.41, 5.74) is 7.70. The molecule has 6 rings (SSSR count). The highest BCUT2D eigenvalue weighted by Gasteiger charge is 2.51. The average Bonchev–Trinajstić information content (AvgIpc) is 3.57. The van der Waals surface area contributed by atoms with Crippen LogP contribution >= 0.6 is 0 Å². The molecule has 10 nitrogen and oxygen atoms in total. The fourth-order valence-corrected chi connectivity index (χ4v) is 4.42. The first kappa shape index (κ1) is 16.8. The Bertz CT molecular complexity index is 1490. The number of rotatable bonds is 5. The van der Waals surface area contributed by atoms with Crippen molar-refractivity contribution in [2.75, 3.05) is 43.5 Å². The maximum atomic E-state index is 12.2. The number of fused-ring (bicyclic) bond motifs is 2. The SMILES string of the molecule is [2H]C([2H])([2H])Nc1ncc(-c2nc3ccc(N4CCOCC4)cn3n2)c2cc(C3(C(N)=O)CC3)ncc12. The van der Waals surface area contributed by atoms with Gasteiger partial charge in [0.1, 0.15) is 5.82 Å². The van der Waals surface area contributed by atoms with Crippen LogP contribution in [0, 0.1) is 0 Å². The number of anilines is 2. The zero-order valence-electron chi connectivity index (χ0n) is 20.8. The largest absolute Gasteiger partial charge is 0.378 e. The summed E-state index contributed by atoms with van der Waals surface area (Å²) in [6.45, 7) is 0.520. The van der Waals surface area contributed by atoms with Crippen molar-refractivity contribution in [3.8, 4) is 11.4 Å². The lowest BCUT2D eigenvalue weighted by molar-refractivity contribution is -0.120. The summed E-state index contributed by atoms with van der Waals surface area (Å²) in [4.78, 5) is 27.9. The molecule has 168 valence electrons. The number of morpholine rings is 1. The van der Waals surface area contributed by atoms with Gasteiger partial charge in [0.25, 0.3) is 0 Å². The van der Waals surface area contributed by atoms with E-state index < -0.39 is 18.3 Å². The van der Waals surface area contributed by atoms with Gasteiger partial charge in [0.2, 0.25) is 5.91 Å². The van der Waals surface area contributed by atoms with Crippen molar-refractivity contribution >= 4 is 33.8 Å². The Morgan fingerprint density at radius 2 is 2.06 bits per heavy atom. The lowest BCUT2D eigenvalue weighted by Gasteiger charge is -2.28. The molecular formula is C23H24N8O2. The monoisotopic (exact) mass is 447 g/mol. The molecule has 0 atom stereocenters. The van der Waals surface area contributed by atoms with Crippen LogP contribution in [0.15, 0.2) is 36.8 Å². The van der Waals surface area contributed by atoms with E-state index >= 15 is 0 Å². The van der Waals surface area contributed by atoms with Crippen molar-refractivity contribution in [1.82, 2.24) is 24.6 Å². The summed E-state index contributed by atoms with van der Waals surface area (Å²) in [5.74, 6) is 0.163. The van der Waals surface area contributed by atoms with Gasteiger partial charge in [0.15, 0.2) is 11.5 Å². The van der Waals surface area contributed by atoms with Crippen LogP contribution in [0.5, 0.6) is 0 Å². The summed E-state index contributed by atoms with van der Waals surface area (Å²) in [7, 11) is 0. The third kappa shape index (κ3) is 3.17. The number of pyridine rings is 3. The molecular weight excluding hydrogens is 420 g/mol. The van der Waals surface area contributed by atoms with Gasteiger partial charge in [0, 0.05) is 52.9 Å². The first-order valence-electron chi connectivity index (χ1n) is 12.3. The number of amides is 1. The van der Waals surface area contributed by atoms with Crippen LogP contribution in [0.2, 0.25) is 0 Å². The number of aromatic nitrogens is 5. The minimum atomic E-state index is -2.44. The molecule has 4 aromatic heterocycles. The highest BCUT2D eigenvalue weighted by atomic mass is 16.5. The molecule has 0 unspecified atom stereocenters. The molecule has 2 aliphatic rings. The van der Waals surface area contributed by atoms with Crippen LogP contribution in [0.25, 0.3) is 27.8 Å². The molecule has 0 spiro atoms. The predicted molar refractivity (Wildman–Crippen MR) is 124 cm³/mol. The smallest absolute Gasteiger partial charge is 0.229 e. The lowest BCUT2D eigenvalue weighted by Crippen LogP contribution is -2.36. The molecule has 2 fully saturated rings. The predicted octanol–water partition coefficient (Wildman–Crippen LogP) is 1.73. The van der Waals surface area contributed by atoms with Crippen LogP contribution in [0.4, 0.5) is 11.5 Å². The van der Waals surface area contributed by atoms with Crippen molar-refractivity contribution < 1.29 is 13.6 Å². The fourth-order valence-electron chi connectivity index (χ4n) is 4.42. The van der Waals surface area contributed by atoms with Gasteiger partial charge in [-0.2, -0.15) is 0 Å². The van der Waals surface area contributed by atoms with Crippen molar-refractivity contribution in [3.05, 3.63) is 42.5 Å². The molecule has 1 saturated carbocycles. The van der Waals surface area contributed by atoms with Gasteiger partial charge in [-0.05, 0) is 31.0 Å². The summed E-state index contributed by atoms with van der Waals surface area (Å²) < 4.78 is 30.0. The van der Waals surface area contributed by atoms with E-state index in [0.717, 1.165) is 18.8 Å². The van der Waals surface area contributed by atoms with Crippen LogP contribution < -0.4 is 16.0 Å². The van der Waals surface area contributed by atoms with Crippen molar-refractivity contribution in [2.45, 2.75) is 18.3 Å². The van der Waals surface area contributed by atoms with Gasteiger partial charge in [-0.1, -0.05) is 0 Å². The Balaban J connectivity index is 1.48. The summed E-state index contributed by atoms with van der Waals surface area (Å²) in [6.07, 6.45) is 6.25. The minimum absolute atomic E-state index is 0.162. The quantitative estimate of drug-likeness (QED) is 0.474. The van der Waals surface area contributed by atoms with E-state index in [1.54, 1.807) is 16.8 Å². The molecule has 0 aromatic carbocycles. The third-order valence-electron chi connectivity index (χ3n) is 6.53. The number of nitrogens with two attached hydrogens (primary N) is 1. The number of nitrogens with one attached hydrogen (secondary N) is 1. The van der Waals surface area contributed by atoms with Gasteiger partial charge in [0.05, 0.1) is 36.2 Å². The van der Waals surface area contributed by atoms with Crippen LogP contribution in [0.1, 0.15) is 22.6 Å². The number of hydrogen-bond donors (Lipinski definition) is 2. The summed E-state index contributed by atoms with van der Waals surface area (Å²) >= 11 is 0. The van der Waals surface area contributed by atoms with Crippen molar-refractivity contribution in [3.63, 3.8) is 0 Å². The second kappa shape index (κ2) is 7.38. The van der Waals surface area contributed by atoms with Gasteiger partial charge in [-0.3, -0.25) is 9.78 Å². The number of nitrogens with zero attached hydrogens (tertiary/aromatic N) is 6. The molecule has 3 N–H and O–H groups in total. The maximum absolute atomic E-state index is 12.2. The molecule has 0 bridgehead atoms. The van der Waals surface area contributed by atoms with E-state index in [1.165, 1.54) is 6.20 Å². The molecule has 1 saturated heterocycles. The van der Waals surface area contributed by atoms with Crippen LogP contribution in [-0.2, 0) is 14.9 Å². The van der Waals surface area contributed by atoms with E-state index in [0.29, 0.717) is 59.6 Å².